The van der Waals surface area contributed by atoms with Crippen LogP contribution in [0, 0.1) is 0 Å². The number of carboxylic acids is 1. The van der Waals surface area contributed by atoms with Crippen LogP contribution >= 0.6 is 23.5 Å². The van der Waals surface area contributed by atoms with Gasteiger partial charge in [0.25, 0.3) is 0 Å². The van der Waals surface area contributed by atoms with Crippen LogP contribution in [0.1, 0.15) is 35.3 Å². The van der Waals surface area contributed by atoms with Gasteiger partial charge in [0.1, 0.15) is 5.82 Å². The Kier molecular flexibility index (Phi) is 3.93. The van der Waals surface area contributed by atoms with Crippen LogP contribution in [0.25, 0.3) is 0 Å². The topological polar surface area (TPSA) is 63.1 Å². The highest BCUT2D eigenvalue weighted by molar-refractivity contribution is 8.07. The van der Waals surface area contributed by atoms with Gasteiger partial charge in [0.05, 0.1) is 10.8 Å². The van der Waals surface area contributed by atoms with Crippen molar-refractivity contribution in [3.8, 4) is 0 Å². The molecule has 0 saturated carbocycles. The molecule has 2 rings (SSSR count). The minimum atomic E-state index is -0.982. The van der Waals surface area contributed by atoms with Gasteiger partial charge >= 0.3 is 5.97 Å². The third-order valence-electron chi connectivity index (χ3n) is 2.76. The molecule has 3 atom stereocenters. The molecule has 1 N–H and O–H groups in total. The first-order valence-electron chi connectivity index (χ1n) is 5.40. The third kappa shape index (κ3) is 2.93. The lowest BCUT2D eigenvalue weighted by atomic mass is 10.3. The van der Waals surface area contributed by atoms with Crippen molar-refractivity contribution in [3.63, 3.8) is 0 Å². The van der Waals surface area contributed by atoms with E-state index in [1.165, 1.54) is 12.4 Å². The molecule has 3 unspecified atom stereocenters. The van der Waals surface area contributed by atoms with Gasteiger partial charge in [-0.2, -0.15) is 11.8 Å². The van der Waals surface area contributed by atoms with Gasteiger partial charge in [0.15, 0.2) is 0 Å². The normalized spacial score (nSPS) is 28.9. The minimum Gasteiger partial charge on any atom is -0.478 e. The zero-order valence-electron chi connectivity index (χ0n) is 9.66. The fourth-order valence-corrected chi connectivity index (χ4v) is 4.39. The predicted molar refractivity (Wildman–Crippen MR) is 70.7 cm³/mol. The first-order valence-corrected chi connectivity index (χ1v) is 7.39. The van der Waals surface area contributed by atoms with E-state index >= 15 is 0 Å². The van der Waals surface area contributed by atoms with Gasteiger partial charge in [-0.15, -0.1) is 11.8 Å². The summed E-state index contributed by atoms with van der Waals surface area (Å²) in [6.45, 7) is 4.44. The Labute approximate surface area is 109 Å². The van der Waals surface area contributed by atoms with Crippen molar-refractivity contribution in [1.29, 1.82) is 0 Å². The molecule has 92 valence electrons. The maximum atomic E-state index is 10.7. The van der Waals surface area contributed by atoms with Gasteiger partial charge in [0.2, 0.25) is 0 Å². The van der Waals surface area contributed by atoms with Crippen LogP contribution in [0.15, 0.2) is 12.4 Å². The molecule has 6 heteroatoms. The number of thioether (sulfide) groups is 2. The van der Waals surface area contributed by atoms with E-state index in [0.717, 1.165) is 11.6 Å². The van der Waals surface area contributed by atoms with Crippen molar-refractivity contribution in [1.82, 2.24) is 9.97 Å². The fourth-order valence-electron chi connectivity index (χ4n) is 1.53. The average Bonchev–Trinajstić information content (AvgIpc) is 2.33. The molecule has 2 heterocycles. The summed E-state index contributed by atoms with van der Waals surface area (Å²) in [6.07, 6.45) is 2.77. The van der Waals surface area contributed by atoms with Crippen LogP contribution in [0.4, 0.5) is 0 Å². The number of nitrogens with zero attached hydrogens (tertiary/aromatic N) is 2. The summed E-state index contributed by atoms with van der Waals surface area (Å²) in [4.78, 5) is 19.0. The summed E-state index contributed by atoms with van der Waals surface area (Å²) in [7, 11) is 0. The van der Waals surface area contributed by atoms with E-state index in [4.69, 9.17) is 5.11 Å². The van der Waals surface area contributed by atoms with Crippen molar-refractivity contribution >= 4 is 29.5 Å². The zero-order chi connectivity index (χ0) is 12.4. The molecule has 4 nitrogen and oxygen atoms in total. The van der Waals surface area contributed by atoms with E-state index in [9.17, 15) is 4.79 Å². The number of carbonyl (C=O) groups is 1. The molecule has 1 aliphatic rings. The van der Waals surface area contributed by atoms with Crippen LogP contribution < -0.4 is 0 Å². The number of hydrogen-bond donors (Lipinski definition) is 1. The molecular formula is C11H14N2O2S2. The molecule has 17 heavy (non-hydrogen) atoms. The summed E-state index contributed by atoms with van der Waals surface area (Å²) in [5, 5.41) is 10.3. The van der Waals surface area contributed by atoms with Crippen LogP contribution in [-0.4, -0.2) is 37.3 Å². The number of aromatic nitrogens is 2. The van der Waals surface area contributed by atoms with Crippen molar-refractivity contribution in [2.45, 2.75) is 29.6 Å². The lowest BCUT2D eigenvalue weighted by Crippen LogP contribution is -2.23. The Hall–Kier alpha value is -0.750. The first kappa shape index (κ1) is 12.7. The monoisotopic (exact) mass is 270 g/mol. The maximum Gasteiger partial charge on any atom is 0.338 e. The van der Waals surface area contributed by atoms with Gasteiger partial charge in [0, 0.05) is 28.6 Å². The van der Waals surface area contributed by atoms with Crippen molar-refractivity contribution < 1.29 is 9.90 Å². The Bertz CT molecular complexity index is 410. The van der Waals surface area contributed by atoms with Crippen molar-refractivity contribution in [3.05, 3.63) is 23.8 Å². The Balaban J connectivity index is 2.10. The molecule has 0 amide bonds. The summed E-state index contributed by atoms with van der Waals surface area (Å²) >= 11 is 3.79. The van der Waals surface area contributed by atoms with Gasteiger partial charge < -0.3 is 5.11 Å². The Morgan fingerprint density at radius 3 is 2.53 bits per heavy atom. The molecule has 1 aromatic rings. The highest BCUT2D eigenvalue weighted by Crippen LogP contribution is 2.42. The second kappa shape index (κ2) is 5.27. The second-order valence-corrected chi connectivity index (χ2v) is 7.00. The lowest BCUT2D eigenvalue weighted by molar-refractivity contribution is 0.0696. The van der Waals surface area contributed by atoms with Crippen LogP contribution in [0.2, 0.25) is 0 Å². The SMILES string of the molecule is CC1SCC(c2ncc(C(=O)O)cn2)SC1C. The van der Waals surface area contributed by atoms with E-state index in [1.807, 2.05) is 23.5 Å². The summed E-state index contributed by atoms with van der Waals surface area (Å²) in [5.74, 6) is 0.748. The molecule has 1 aliphatic heterocycles. The van der Waals surface area contributed by atoms with E-state index in [1.54, 1.807) is 0 Å². The Morgan fingerprint density at radius 2 is 2.00 bits per heavy atom. The summed E-state index contributed by atoms with van der Waals surface area (Å²) < 4.78 is 0. The van der Waals surface area contributed by atoms with Crippen molar-refractivity contribution in [2.24, 2.45) is 0 Å². The molecule has 0 spiro atoms. The van der Waals surface area contributed by atoms with E-state index in [2.05, 4.69) is 23.8 Å². The lowest BCUT2D eigenvalue weighted by Gasteiger charge is -2.30. The Morgan fingerprint density at radius 1 is 1.35 bits per heavy atom. The number of aromatic carboxylic acids is 1. The van der Waals surface area contributed by atoms with E-state index < -0.39 is 5.97 Å². The van der Waals surface area contributed by atoms with Crippen LogP contribution in [0.3, 0.4) is 0 Å². The third-order valence-corrected chi connectivity index (χ3v) is 6.14. The fraction of sp³-hybridized carbons (Fsp3) is 0.545. The molecule has 1 aromatic heterocycles. The predicted octanol–water partition coefficient (Wildman–Crippen LogP) is 2.47. The van der Waals surface area contributed by atoms with Crippen LogP contribution in [0.5, 0.6) is 0 Å². The zero-order valence-corrected chi connectivity index (χ0v) is 11.3. The van der Waals surface area contributed by atoms with E-state index in [0.29, 0.717) is 10.5 Å². The number of rotatable bonds is 2. The standard InChI is InChI=1S/C11H14N2O2S2/c1-6-7(2)17-9(5-16-6)10-12-3-8(4-13-10)11(14)15/h3-4,6-7,9H,5H2,1-2H3,(H,14,15). The maximum absolute atomic E-state index is 10.7. The smallest absolute Gasteiger partial charge is 0.338 e. The highest BCUT2D eigenvalue weighted by Gasteiger charge is 2.28. The molecule has 0 radical (unpaired) electrons. The van der Waals surface area contributed by atoms with Crippen molar-refractivity contribution in [2.75, 3.05) is 5.75 Å². The van der Waals surface area contributed by atoms with E-state index in [-0.39, 0.29) is 10.8 Å². The quantitative estimate of drug-likeness (QED) is 0.890. The number of carboxylic acid groups (broad SMARTS) is 1. The molecule has 0 aliphatic carbocycles. The van der Waals surface area contributed by atoms with Gasteiger partial charge in [-0.3, -0.25) is 0 Å². The van der Waals surface area contributed by atoms with Gasteiger partial charge in [-0.1, -0.05) is 13.8 Å². The molecular weight excluding hydrogens is 256 g/mol. The average molecular weight is 270 g/mol. The van der Waals surface area contributed by atoms with Crippen LogP contribution in [-0.2, 0) is 0 Å². The summed E-state index contributed by atoms with van der Waals surface area (Å²) in [6, 6.07) is 0. The van der Waals surface area contributed by atoms with Gasteiger partial charge in [-0.05, 0) is 0 Å². The molecule has 0 aromatic carbocycles. The molecule has 1 saturated heterocycles. The molecule has 1 fully saturated rings. The first-order chi connectivity index (χ1) is 8.08. The minimum absolute atomic E-state index is 0.142. The largest absolute Gasteiger partial charge is 0.478 e. The summed E-state index contributed by atoms with van der Waals surface area (Å²) in [5.41, 5.74) is 0.142. The van der Waals surface area contributed by atoms with Gasteiger partial charge in [-0.25, -0.2) is 14.8 Å². The molecule has 0 bridgehead atoms. The second-order valence-electron chi connectivity index (χ2n) is 4.00. The number of hydrogen-bond acceptors (Lipinski definition) is 5. The highest BCUT2D eigenvalue weighted by atomic mass is 32.2.